The summed E-state index contributed by atoms with van der Waals surface area (Å²) in [6, 6.07) is 21.6. The van der Waals surface area contributed by atoms with E-state index < -0.39 is 0 Å². The van der Waals surface area contributed by atoms with E-state index in [1.54, 1.807) is 0 Å². The number of piperidine rings is 1. The number of likely N-dealkylation sites (tertiary alicyclic amines) is 1. The summed E-state index contributed by atoms with van der Waals surface area (Å²) in [5.74, 6) is 3.18. The summed E-state index contributed by atoms with van der Waals surface area (Å²) in [7, 11) is 0. The molecule has 4 rings (SSSR count). The van der Waals surface area contributed by atoms with Crippen molar-refractivity contribution in [3.05, 3.63) is 71.8 Å². The van der Waals surface area contributed by atoms with Crippen LogP contribution in [-0.2, 0) is 11.3 Å². The van der Waals surface area contributed by atoms with Crippen LogP contribution in [0.5, 0.6) is 0 Å². The van der Waals surface area contributed by atoms with Crippen molar-refractivity contribution < 1.29 is 4.74 Å². The molecule has 1 saturated carbocycles. The van der Waals surface area contributed by atoms with E-state index in [-0.39, 0.29) is 0 Å². The highest BCUT2D eigenvalue weighted by molar-refractivity contribution is 5.20. The minimum absolute atomic E-state index is 0.751. The molecule has 0 amide bonds. The Bertz CT molecular complexity index is 678. The van der Waals surface area contributed by atoms with E-state index in [4.69, 9.17) is 4.74 Å². The smallest absolute Gasteiger partial charge is 0.0717 e. The topological polar surface area (TPSA) is 12.5 Å². The van der Waals surface area contributed by atoms with Gasteiger partial charge in [-0.15, -0.1) is 0 Å². The Morgan fingerprint density at radius 3 is 2.22 bits per heavy atom. The van der Waals surface area contributed by atoms with Crippen LogP contribution >= 0.6 is 0 Å². The lowest BCUT2D eigenvalue weighted by Crippen LogP contribution is -2.46. The van der Waals surface area contributed by atoms with Gasteiger partial charge in [-0.1, -0.05) is 67.6 Å². The van der Waals surface area contributed by atoms with Crippen molar-refractivity contribution in [1.82, 2.24) is 4.90 Å². The molecular formula is C25H33NO. The summed E-state index contributed by atoms with van der Waals surface area (Å²) in [5.41, 5.74) is 2.81. The van der Waals surface area contributed by atoms with Gasteiger partial charge in [0.2, 0.25) is 0 Å². The second kappa shape index (κ2) is 9.03. The predicted molar refractivity (Wildman–Crippen MR) is 112 cm³/mol. The molecule has 2 aromatic carbocycles. The zero-order valence-corrected chi connectivity index (χ0v) is 16.6. The summed E-state index contributed by atoms with van der Waals surface area (Å²) in [6.07, 6.45) is 3.97. The number of hydrogen-bond donors (Lipinski definition) is 0. The lowest BCUT2D eigenvalue weighted by atomic mass is 9.65. The number of hydrogen-bond acceptors (Lipinski definition) is 2. The molecule has 2 heteroatoms. The summed E-state index contributed by atoms with van der Waals surface area (Å²) < 4.78 is 5.98. The van der Waals surface area contributed by atoms with E-state index >= 15 is 0 Å². The number of benzene rings is 2. The Kier molecular flexibility index (Phi) is 6.26. The van der Waals surface area contributed by atoms with Crippen molar-refractivity contribution in [3.8, 4) is 0 Å². The van der Waals surface area contributed by atoms with Crippen LogP contribution in [0.2, 0.25) is 0 Å². The molecule has 2 nitrogen and oxygen atoms in total. The molecule has 0 bridgehead atoms. The maximum atomic E-state index is 5.98. The van der Waals surface area contributed by atoms with E-state index in [0.717, 1.165) is 36.9 Å². The van der Waals surface area contributed by atoms with Gasteiger partial charge in [0.25, 0.3) is 0 Å². The predicted octanol–water partition coefficient (Wildman–Crippen LogP) is 5.36. The van der Waals surface area contributed by atoms with Gasteiger partial charge in [0, 0.05) is 6.54 Å². The van der Waals surface area contributed by atoms with E-state index in [9.17, 15) is 0 Å². The van der Waals surface area contributed by atoms with Crippen LogP contribution < -0.4 is 0 Å². The molecule has 2 aliphatic rings. The van der Waals surface area contributed by atoms with Gasteiger partial charge in [-0.3, -0.25) is 0 Å². The lowest BCUT2D eigenvalue weighted by molar-refractivity contribution is -0.0241. The molecular weight excluding hydrogens is 330 g/mol. The molecule has 1 aliphatic heterocycles. The molecule has 2 aromatic rings. The molecule has 3 unspecified atom stereocenters. The van der Waals surface area contributed by atoms with Crippen molar-refractivity contribution in [2.75, 3.05) is 26.2 Å². The normalized spacial score (nSPS) is 26.6. The van der Waals surface area contributed by atoms with E-state index in [2.05, 4.69) is 72.5 Å². The van der Waals surface area contributed by atoms with E-state index in [1.165, 1.54) is 50.0 Å². The first-order chi connectivity index (χ1) is 13.3. The van der Waals surface area contributed by atoms with Crippen molar-refractivity contribution in [2.24, 2.45) is 17.8 Å². The molecule has 0 radical (unpaired) electrons. The summed E-state index contributed by atoms with van der Waals surface area (Å²) >= 11 is 0. The molecule has 27 heavy (non-hydrogen) atoms. The quantitative estimate of drug-likeness (QED) is 0.657. The minimum atomic E-state index is 0.751. The molecule has 1 heterocycles. The molecule has 2 fully saturated rings. The maximum absolute atomic E-state index is 5.98. The minimum Gasteiger partial charge on any atom is -0.376 e. The zero-order valence-electron chi connectivity index (χ0n) is 16.6. The van der Waals surface area contributed by atoms with Gasteiger partial charge in [-0.05, 0) is 67.2 Å². The van der Waals surface area contributed by atoms with Crippen LogP contribution in [0.15, 0.2) is 60.7 Å². The average molecular weight is 364 g/mol. The third kappa shape index (κ3) is 4.80. The Morgan fingerprint density at radius 2 is 1.56 bits per heavy atom. The number of nitrogens with zero attached hydrogens (tertiary/aromatic N) is 1. The third-order valence-electron chi connectivity index (χ3n) is 6.89. The summed E-state index contributed by atoms with van der Waals surface area (Å²) in [6.45, 7) is 7.92. The first-order valence-electron chi connectivity index (χ1n) is 10.7. The fourth-order valence-electron chi connectivity index (χ4n) is 4.88. The Labute approximate surface area is 164 Å². The first-order valence-corrected chi connectivity index (χ1v) is 10.7. The van der Waals surface area contributed by atoms with Crippen LogP contribution in [0.25, 0.3) is 0 Å². The molecule has 0 N–H and O–H groups in total. The standard InChI is InChI=1S/C25H33NO/c1-20-24(16-25(20)19-27-18-21-8-4-2-5-9-21)17-26-14-12-23(13-15-26)22-10-6-3-7-11-22/h2-11,20,23-25H,12-19H2,1H3. The van der Waals surface area contributed by atoms with Crippen LogP contribution in [0.1, 0.15) is 43.2 Å². The van der Waals surface area contributed by atoms with Crippen molar-refractivity contribution in [2.45, 2.75) is 38.7 Å². The van der Waals surface area contributed by atoms with Gasteiger partial charge in [0.05, 0.1) is 13.2 Å². The highest BCUT2D eigenvalue weighted by atomic mass is 16.5. The molecule has 1 saturated heterocycles. The molecule has 0 spiro atoms. The van der Waals surface area contributed by atoms with Crippen molar-refractivity contribution in [3.63, 3.8) is 0 Å². The highest BCUT2D eigenvalue weighted by Gasteiger charge is 2.38. The first kappa shape index (κ1) is 18.7. The average Bonchev–Trinajstić information content (AvgIpc) is 2.74. The number of ether oxygens (including phenoxy) is 1. The van der Waals surface area contributed by atoms with Crippen LogP contribution in [0.4, 0.5) is 0 Å². The van der Waals surface area contributed by atoms with Gasteiger partial charge < -0.3 is 9.64 Å². The summed E-state index contributed by atoms with van der Waals surface area (Å²) in [5, 5.41) is 0. The van der Waals surface area contributed by atoms with Gasteiger partial charge in [-0.25, -0.2) is 0 Å². The largest absolute Gasteiger partial charge is 0.376 e. The fourth-order valence-corrected chi connectivity index (χ4v) is 4.88. The monoisotopic (exact) mass is 363 g/mol. The molecule has 1 aliphatic carbocycles. The summed E-state index contributed by atoms with van der Waals surface area (Å²) in [4.78, 5) is 2.71. The van der Waals surface area contributed by atoms with Gasteiger partial charge in [-0.2, -0.15) is 0 Å². The van der Waals surface area contributed by atoms with Crippen molar-refractivity contribution >= 4 is 0 Å². The Hall–Kier alpha value is -1.64. The zero-order chi connectivity index (χ0) is 18.5. The molecule has 144 valence electrons. The van der Waals surface area contributed by atoms with Crippen LogP contribution in [0.3, 0.4) is 0 Å². The fraction of sp³-hybridized carbons (Fsp3) is 0.520. The van der Waals surface area contributed by atoms with E-state index in [1.807, 2.05) is 0 Å². The van der Waals surface area contributed by atoms with Gasteiger partial charge in [0.1, 0.15) is 0 Å². The molecule has 0 aromatic heterocycles. The van der Waals surface area contributed by atoms with Crippen molar-refractivity contribution in [1.29, 1.82) is 0 Å². The SMILES string of the molecule is CC1C(COCc2ccccc2)CC1CN1CCC(c2ccccc2)CC1. The second-order valence-corrected chi connectivity index (χ2v) is 8.60. The van der Waals surface area contributed by atoms with E-state index in [0.29, 0.717) is 0 Å². The number of rotatable bonds is 7. The highest BCUT2D eigenvalue weighted by Crippen LogP contribution is 2.41. The van der Waals surface area contributed by atoms with Gasteiger partial charge >= 0.3 is 0 Å². The lowest BCUT2D eigenvalue weighted by Gasteiger charge is -2.46. The Balaban J connectivity index is 1.15. The third-order valence-corrected chi connectivity index (χ3v) is 6.89. The van der Waals surface area contributed by atoms with Crippen LogP contribution in [-0.4, -0.2) is 31.1 Å². The second-order valence-electron chi connectivity index (χ2n) is 8.60. The molecule has 3 atom stereocenters. The van der Waals surface area contributed by atoms with Gasteiger partial charge in [0.15, 0.2) is 0 Å². The van der Waals surface area contributed by atoms with Crippen LogP contribution in [0, 0.1) is 17.8 Å². The Morgan fingerprint density at radius 1 is 0.889 bits per heavy atom. The maximum Gasteiger partial charge on any atom is 0.0717 e.